The summed E-state index contributed by atoms with van der Waals surface area (Å²) in [6.45, 7) is 0. The Bertz CT molecular complexity index is 612. The molecule has 1 atom stereocenters. The van der Waals surface area contributed by atoms with Crippen molar-refractivity contribution in [2.45, 2.75) is 12.2 Å². The minimum Gasteiger partial charge on any atom is -0.408 e. The Labute approximate surface area is 93.4 Å². The van der Waals surface area contributed by atoms with Crippen LogP contribution in [0.4, 0.5) is 13.2 Å². The Kier molecular flexibility index (Phi) is 2.50. The predicted octanol–water partition coefficient (Wildman–Crippen LogP) is 1.69. The summed E-state index contributed by atoms with van der Waals surface area (Å²) in [5.74, 6) is -0.627. The van der Waals surface area contributed by atoms with Gasteiger partial charge in [0.05, 0.1) is 5.52 Å². The van der Waals surface area contributed by atoms with E-state index in [0.717, 1.165) is 4.57 Å². The fourth-order valence-electron chi connectivity index (χ4n) is 1.53. The van der Waals surface area contributed by atoms with Gasteiger partial charge in [0.25, 0.3) is 0 Å². The normalized spacial score (nSPS) is 14.2. The zero-order valence-corrected chi connectivity index (χ0v) is 8.78. The highest BCUT2D eigenvalue weighted by atomic mass is 19.4. The highest BCUT2D eigenvalue weighted by Crippen LogP contribution is 2.31. The number of aromatic nitrogens is 1. The van der Waals surface area contributed by atoms with Crippen molar-refractivity contribution in [2.75, 3.05) is 0 Å². The average molecular weight is 246 g/mol. The van der Waals surface area contributed by atoms with Gasteiger partial charge in [-0.1, -0.05) is 6.07 Å². The zero-order valence-electron chi connectivity index (χ0n) is 8.78. The number of halogens is 3. The van der Waals surface area contributed by atoms with Crippen LogP contribution in [-0.2, 0) is 7.05 Å². The van der Waals surface area contributed by atoms with Crippen molar-refractivity contribution in [3.63, 3.8) is 0 Å². The van der Waals surface area contributed by atoms with Crippen molar-refractivity contribution in [3.8, 4) is 0 Å². The molecular weight excluding hydrogens is 237 g/mol. The minimum atomic E-state index is -4.52. The van der Waals surface area contributed by atoms with Crippen LogP contribution in [0, 0.1) is 0 Å². The third kappa shape index (κ3) is 1.93. The molecule has 0 aliphatic carbocycles. The molecule has 0 saturated carbocycles. The van der Waals surface area contributed by atoms with E-state index in [9.17, 15) is 18.0 Å². The summed E-state index contributed by atoms with van der Waals surface area (Å²) in [6, 6.07) is 1.64. The summed E-state index contributed by atoms with van der Waals surface area (Å²) in [4.78, 5) is 11.2. The maximum Gasteiger partial charge on any atom is 0.419 e. The molecule has 0 radical (unpaired) electrons. The van der Waals surface area contributed by atoms with Gasteiger partial charge in [0, 0.05) is 7.05 Å². The van der Waals surface area contributed by atoms with Gasteiger partial charge < -0.3 is 10.2 Å². The summed E-state index contributed by atoms with van der Waals surface area (Å²) < 4.78 is 43.2. The first-order chi connectivity index (χ1) is 7.80. The van der Waals surface area contributed by atoms with Gasteiger partial charge >= 0.3 is 11.9 Å². The molecule has 1 unspecified atom stereocenters. The van der Waals surface area contributed by atoms with Gasteiger partial charge in [-0.3, -0.25) is 4.57 Å². The minimum absolute atomic E-state index is 0.110. The molecule has 1 heterocycles. The van der Waals surface area contributed by atoms with Crippen LogP contribution >= 0.6 is 0 Å². The van der Waals surface area contributed by atoms with Crippen molar-refractivity contribution in [1.29, 1.82) is 0 Å². The summed E-state index contributed by atoms with van der Waals surface area (Å²) >= 11 is 0. The predicted molar refractivity (Wildman–Crippen MR) is 54.4 cm³/mol. The van der Waals surface area contributed by atoms with E-state index >= 15 is 0 Å². The van der Waals surface area contributed by atoms with E-state index in [0.29, 0.717) is 0 Å². The van der Waals surface area contributed by atoms with Gasteiger partial charge in [0.2, 0.25) is 0 Å². The average Bonchev–Trinajstić information content (AvgIpc) is 2.52. The maximum absolute atomic E-state index is 12.4. The number of hydrogen-bond donors (Lipinski definition) is 1. The van der Waals surface area contributed by atoms with E-state index in [2.05, 4.69) is 0 Å². The number of nitrogens with zero attached hydrogens (tertiary/aromatic N) is 1. The van der Waals surface area contributed by atoms with Crippen molar-refractivity contribution >= 4 is 11.1 Å². The number of alkyl halides is 3. The number of rotatable bonds is 1. The standard InChI is InChI=1S/C10H9F3N2O2/c1-15-6-4-5(8(14)10(11,12)13)2-3-7(6)17-9(15)16/h2-4,8H,14H2,1H3. The molecule has 7 heteroatoms. The third-order valence-electron chi connectivity index (χ3n) is 2.53. The van der Waals surface area contributed by atoms with Gasteiger partial charge in [-0.15, -0.1) is 0 Å². The largest absolute Gasteiger partial charge is 0.419 e. The van der Waals surface area contributed by atoms with E-state index in [1.807, 2.05) is 0 Å². The number of fused-ring (bicyclic) bond motifs is 1. The first-order valence-electron chi connectivity index (χ1n) is 4.72. The van der Waals surface area contributed by atoms with E-state index < -0.39 is 18.0 Å². The maximum atomic E-state index is 12.4. The van der Waals surface area contributed by atoms with Crippen LogP contribution in [0.1, 0.15) is 11.6 Å². The molecule has 0 spiro atoms. The Morgan fingerprint density at radius 2 is 2.06 bits per heavy atom. The van der Waals surface area contributed by atoms with Crippen molar-refractivity contribution < 1.29 is 17.6 Å². The quantitative estimate of drug-likeness (QED) is 0.832. The molecule has 4 nitrogen and oxygen atoms in total. The summed E-state index contributed by atoms with van der Waals surface area (Å²) in [5, 5.41) is 0. The SMILES string of the molecule is Cn1c(=O)oc2ccc(C(N)C(F)(F)F)cc21. The van der Waals surface area contributed by atoms with Crippen molar-refractivity contribution in [3.05, 3.63) is 34.3 Å². The van der Waals surface area contributed by atoms with Crippen molar-refractivity contribution in [1.82, 2.24) is 4.57 Å². The second-order valence-corrected chi connectivity index (χ2v) is 3.67. The van der Waals surface area contributed by atoms with Crippen LogP contribution in [0.15, 0.2) is 27.4 Å². The third-order valence-corrected chi connectivity index (χ3v) is 2.53. The number of benzene rings is 1. The first-order valence-corrected chi connectivity index (χ1v) is 4.72. The van der Waals surface area contributed by atoms with Crippen LogP contribution < -0.4 is 11.5 Å². The highest BCUT2D eigenvalue weighted by molar-refractivity contribution is 5.73. The molecule has 0 aliphatic heterocycles. The number of aryl methyl sites for hydroxylation is 1. The number of oxazole rings is 1. The van der Waals surface area contributed by atoms with E-state index in [1.165, 1.54) is 25.2 Å². The lowest BCUT2D eigenvalue weighted by molar-refractivity contribution is -0.149. The Hall–Kier alpha value is -1.76. The molecule has 17 heavy (non-hydrogen) atoms. The molecule has 1 aromatic heterocycles. The smallest absolute Gasteiger partial charge is 0.408 e. The Morgan fingerprint density at radius 3 is 2.65 bits per heavy atom. The second-order valence-electron chi connectivity index (χ2n) is 3.67. The number of nitrogens with two attached hydrogens (primary N) is 1. The molecule has 0 saturated heterocycles. The molecular formula is C10H9F3N2O2. The van der Waals surface area contributed by atoms with Crippen LogP contribution in [0.2, 0.25) is 0 Å². The van der Waals surface area contributed by atoms with E-state index in [4.69, 9.17) is 10.2 Å². The fraction of sp³-hybridized carbons (Fsp3) is 0.300. The lowest BCUT2D eigenvalue weighted by atomic mass is 10.1. The molecule has 92 valence electrons. The van der Waals surface area contributed by atoms with Gasteiger partial charge in [-0.2, -0.15) is 13.2 Å². The summed E-state index contributed by atoms with van der Waals surface area (Å²) in [5.41, 5.74) is 5.48. The van der Waals surface area contributed by atoms with Gasteiger partial charge in [-0.25, -0.2) is 4.79 Å². The molecule has 1 aromatic carbocycles. The molecule has 2 N–H and O–H groups in total. The van der Waals surface area contributed by atoms with Crippen LogP contribution in [-0.4, -0.2) is 10.7 Å². The molecule has 0 bridgehead atoms. The van der Waals surface area contributed by atoms with Gasteiger partial charge in [0.15, 0.2) is 5.58 Å². The summed E-state index contributed by atoms with van der Waals surface area (Å²) in [6.07, 6.45) is -4.52. The van der Waals surface area contributed by atoms with Crippen LogP contribution in [0.5, 0.6) is 0 Å². The number of hydrogen-bond acceptors (Lipinski definition) is 3. The lowest BCUT2D eigenvalue weighted by Crippen LogP contribution is -2.28. The highest BCUT2D eigenvalue weighted by Gasteiger charge is 2.38. The Balaban J connectivity index is 2.58. The van der Waals surface area contributed by atoms with E-state index in [-0.39, 0.29) is 16.7 Å². The van der Waals surface area contributed by atoms with Gasteiger partial charge in [0.1, 0.15) is 6.04 Å². The Morgan fingerprint density at radius 1 is 1.41 bits per heavy atom. The molecule has 0 aliphatic rings. The monoisotopic (exact) mass is 246 g/mol. The van der Waals surface area contributed by atoms with Crippen LogP contribution in [0.25, 0.3) is 11.1 Å². The second kappa shape index (κ2) is 3.63. The molecule has 0 fully saturated rings. The van der Waals surface area contributed by atoms with E-state index in [1.54, 1.807) is 0 Å². The molecule has 2 aromatic rings. The van der Waals surface area contributed by atoms with Gasteiger partial charge in [-0.05, 0) is 17.7 Å². The van der Waals surface area contributed by atoms with Crippen LogP contribution in [0.3, 0.4) is 0 Å². The lowest BCUT2D eigenvalue weighted by Gasteiger charge is -2.15. The zero-order chi connectivity index (χ0) is 12.8. The molecule has 2 rings (SSSR count). The summed E-state index contributed by atoms with van der Waals surface area (Å²) in [7, 11) is 1.41. The fourth-order valence-corrected chi connectivity index (χ4v) is 1.53. The molecule has 0 amide bonds. The van der Waals surface area contributed by atoms with Crippen molar-refractivity contribution in [2.24, 2.45) is 12.8 Å². The first kappa shape index (κ1) is 11.7. The topological polar surface area (TPSA) is 61.2 Å².